The highest BCUT2D eigenvalue weighted by atomic mass is 14.3. The second-order valence-electron chi connectivity index (χ2n) is 5.52. The van der Waals surface area contributed by atoms with E-state index < -0.39 is 0 Å². The fourth-order valence-corrected chi connectivity index (χ4v) is 2.39. The smallest absolute Gasteiger partial charge is 0.0388 e. The lowest BCUT2D eigenvalue weighted by Gasteiger charge is -2.33. The largest absolute Gasteiger partial charge is 0.0654 e. The maximum absolute atomic E-state index is 2.38. The van der Waals surface area contributed by atoms with E-state index in [9.17, 15) is 0 Å². The van der Waals surface area contributed by atoms with E-state index in [-0.39, 0.29) is 0 Å². The van der Waals surface area contributed by atoms with Crippen molar-refractivity contribution in [3.05, 3.63) is 0 Å². The van der Waals surface area contributed by atoms with Gasteiger partial charge in [0.05, 0.1) is 0 Å². The number of rotatable bonds is 7. The van der Waals surface area contributed by atoms with Gasteiger partial charge in [0.1, 0.15) is 0 Å². The molecule has 2 atom stereocenters. The molecular formula is C16H34. The van der Waals surface area contributed by atoms with Crippen LogP contribution in [0.15, 0.2) is 0 Å². The van der Waals surface area contributed by atoms with Crippen molar-refractivity contribution < 1.29 is 0 Å². The van der Waals surface area contributed by atoms with Gasteiger partial charge in [-0.05, 0) is 18.3 Å². The Labute approximate surface area is 104 Å². The SMILES string of the molecule is CCCC1CCC1C.CCCCCCCC. The summed E-state index contributed by atoms with van der Waals surface area (Å²) in [5.74, 6) is 2.15. The zero-order chi connectivity index (χ0) is 12.2. The Morgan fingerprint density at radius 3 is 1.50 bits per heavy atom. The maximum Gasteiger partial charge on any atom is -0.0388 e. The van der Waals surface area contributed by atoms with E-state index >= 15 is 0 Å². The van der Waals surface area contributed by atoms with Gasteiger partial charge in [0.15, 0.2) is 0 Å². The third-order valence-corrected chi connectivity index (χ3v) is 3.91. The highest BCUT2D eigenvalue weighted by Crippen LogP contribution is 2.36. The maximum atomic E-state index is 2.38. The van der Waals surface area contributed by atoms with Crippen molar-refractivity contribution >= 4 is 0 Å². The zero-order valence-corrected chi connectivity index (χ0v) is 12.2. The second kappa shape index (κ2) is 11.5. The standard InChI is InChI=1S/C8H16.C8H18/c1-3-4-8-6-5-7(8)2;1-3-5-7-8-6-4-2/h7-8H,3-6H2,1-2H3;3-8H2,1-2H3. The van der Waals surface area contributed by atoms with Gasteiger partial charge in [-0.2, -0.15) is 0 Å². The first kappa shape index (κ1) is 16.0. The quantitative estimate of drug-likeness (QED) is 0.453. The fourth-order valence-electron chi connectivity index (χ4n) is 2.39. The van der Waals surface area contributed by atoms with Crippen molar-refractivity contribution in [1.29, 1.82) is 0 Å². The third kappa shape index (κ3) is 8.19. The summed E-state index contributed by atoms with van der Waals surface area (Å²) < 4.78 is 0. The van der Waals surface area contributed by atoms with Crippen LogP contribution in [0.5, 0.6) is 0 Å². The van der Waals surface area contributed by atoms with E-state index in [0.29, 0.717) is 0 Å². The Bertz CT molecular complexity index is 122. The fraction of sp³-hybridized carbons (Fsp3) is 1.00. The van der Waals surface area contributed by atoms with Crippen LogP contribution in [0.2, 0.25) is 0 Å². The molecule has 0 aromatic carbocycles. The number of hydrogen-bond acceptors (Lipinski definition) is 0. The topological polar surface area (TPSA) is 0 Å². The molecule has 0 radical (unpaired) electrons. The minimum atomic E-state index is 1.05. The van der Waals surface area contributed by atoms with Gasteiger partial charge >= 0.3 is 0 Å². The summed E-state index contributed by atoms with van der Waals surface area (Å²) in [6.45, 7) is 9.17. The monoisotopic (exact) mass is 226 g/mol. The molecule has 0 amide bonds. The van der Waals surface area contributed by atoms with Gasteiger partial charge in [-0.3, -0.25) is 0 Å². The second-order valence-corrected chi connectivity index (χ2v) is 5.52. The first-order chi connectivity index (χ1) is 7.76. The Kier molecular flexibility index (Phi) is 11.5. The van der Waals surface area contributed by atoms with Crippen molar-refractivity contribution in [3.63, 3.8) is 0 Å². The highest BCUT2D eigenvalue weighted by molar-refractivity contribution is 4.76. The minimum absolute atomic E-state index is 1.05. The van der Waals surface area contributed by atoms with Crippen LogP contribution in [0.3, 0.4) is 0 Å². The van der Waals surface area contributed by atoms with E-state index in [2.05, 4.69) is 27.7 Å². The molecule has 1 aliphatic carbocycles. The van der Waals surface area contributed by atoms with Crippen molar-refractivity contribution in [2.45, 2.75) is 91.9 Å². The van der Waals surface area contributed by atoms with Gasteiger partial charge in [0.25, 0.3) is 0 Å². The summed E-state index contributed by atoms with van der Waals surface area (Å²) in [6, 6.07) is 0. The lowest BCUT2D eigenvalue weighted by molar-refractivity contribution is 0.182. The average molecular weight is 226 g/mol. The Morgan fingerprint density at radius 2 is 1.31 bits per heavy atom. The normalized spacial score (nSPS) is 23.2. The van der Waals surface area contributed by atoms with Crippen molar-refractivity contribution in [2.24, 2.45) is 11.8 Å². The summed E-state index contributed by atoms with van der Waals surface area (Å²) in [7, 11) is 0. The van der Waals surface area contributed by atoms with Gasteiger partial charge in [-0.1, -0.05) is 85.5 Å². The molecule has 0 saturated heterocycles. The van der Waals surface area contributed by atoms with E-state index in [4.69, 9.17) is 0 Å². The van der Waals surface area contributed by atoms with E-state index in [1.807, 2.05) is 0 Å². The summed E-state index contributed by atoms with van der Waals surface area (Å²) in [5, 5.41) is 0. The Balaban J connectivity index is 0.000000281. The molecule has 0 aromatic heterocycles. The van der Waals surface area contributed by atoms with Crippen LogP contribution in [0.25, 0.3) is 0 Å². The molecule has 0 heteroatoms. The first-order valence-corrected chi connectivity index (χ1v) is 7.76. The van der Waals surface area contributed by atoms with E-state index in [0.717, 1.165) is 11.8 Å². The molecule has 1 fully saturated rings. The molecule has 0 nitrogen and oxygen atoms in total. The average Bonchev–Trinajstić information content (AvgIpc) is 2.31. The molecule has 0 spiro atoms. The molecule has 16 heavy (non-hydrogen) atoms. The van der Waals surface area contributed by atoms with Crippen LogP contribution in [-0.4, -0.2) is 0 Å². The zero-order valence-electron chi connectivity index (χ0n) is 12.2. The Morgan fingerprint density at radius 1 is 0.750 bits per heavy atom. The molecule has 1 saturated carbocycles. The highest BCUT2D eigenvalue weighted by Gasteiger charge is 2.24. The predicted molar refractivity (Wildman–Crippen MR) is 75.8 cm³/mol. The van der Waals surface area contributed by atoms with Crippen LogP contribution in [0, 0.1) is 11.8 Å². The summed E-state index contributed by atoms with van der Waals surface area (Å²) in [6.07, 6.45) is 14.3. The van der Waals surface area contributed by atoms with Gasteiger partial charge in [0.2, 0.25) is 0 Å². The van der Waals surface area contributed by atoms with Crippen molar-refractivity contribution in [2.75, 3.05) is 0 Å². The van der Waals surface area contributed by atoms with Crippen LogP contribution in [0.4, 0.5) is 0 Å². The molecule has 2 unspecified atom stereocenters. The third-order valence-electron chi connectivity index (χ3n) is 3.91. The van der Waals surface area contributed by atoms with Crippen LogP contribution in [-0.2, 0) is 0 Å². The molecule has 1 aliphatic rings. The van der Waals surface area contributed by atoms with Gasteiger partial charge in [-0.15, -0.1) is 0 Å². The van der Waals surface area contributed by atoms with Crippen LogP contribution >= 0.6 is 0 Å². The predicted octanol–water partition coefficient (Wildman–Crippen LogP) is 6.20. The van der Waals surface area contributed by atoms with Gasteiger partial charge < -0.3 is 0 Å². The number of unbranched alkanes of at least 4 members (excludes halogenated alkanes) is 5. The summed E-state index contributed by atoms with van der Waals surface area (Å²) >= 11 is 0. The molecule has 0 aromatic rings. The lowest BCUT2D eigenvalue weighted by Crippen LogP contribution is -2.22. The summed E-state index contributed by atoms with van der Waals surface area (Å²) in [5.41, 5.74) is 0. The molecule has 1 rings (SSSR count). The Hall–Kier alpha value is 0. The van der Waals surface area contributed by atoms with Gasteiger partial charge in [-0.25, -0.2) is 0 Å². The van der Waals surface area contributed by atoms with Gasteiger partial charge in [0, 0.05) is 0 Å². The minimum Gasteiger partial charge on any atom is -0.0654 e. The first-order valence-electron chi connectivity index (χ1n) is 7.76. The molecular weight excluding hydrogens is 192 g/mol. The van der Waals surface area contributed by atoms with Crippen LogP contribution < -0.4 is 0 Å². The van der Waals surface area contributed by atoms with Crippen molar-refractivity contribution in [3.8, 4) is 0 Å². The molecule has 0 aliphatic heterocycles. The molecule has 0 heterocycles. The van der Waals surface area contributed by atoms with Crippen LogP contribution in [0.1, 0.15) is 91.9 Å². The van der Waals surface area contributed by atoms with E-state index in [1.54, 1.807) is 0 Å². The molecule has 98 valence electrons. The number of hydrogen-bond donors (Lipinski definition) is 0. The van der Waals surface area contributed by atoms with Crippen molar-refractivity contribution in [1.82, 2.24) is 0 Å². The summed E-state index contributed by atoms with van der Waals surface area (Å²) in [4.78, 5) is 0. The lowest BCUT2D eigenvalue weighted by atomic mass is 9.73. The molecule has 0 N–H and O–H groups in total. The molecule has 0 bridgehead atoms. The van der Waals surface area contributed by atoms with E-state index in [1.165, 1.54) is 64.2 Å².